The maximum absolute atomic E-state index is 12.1. The fraction of sp³-hybridized carbons (Fsp3) is 0.533. The zero-order valence-corrected chi connectivity index (χ0v) is 15.5. The van der Waals surface area contributed by atoms with E-state index >= 15 is 0 Å². The predicted octanol–water partition coefficient (Wildman–Crippen LogP) is 0.754. The van der Waals surface area contributed by atoms with Gasteiger partial charge in [-0.25, -0.2) is 13.6 Å². The van der Waals surface area contributed by atoms with Gasteiger partial charge in [0.25, 0.3) is 0 Å². The number of piperidine rings is 1. The quantitative estimate of drug-likeness (QED) is 0.716. The third kappa shape index (κ3) is 5.42. The zero-order valence-electron chi connectivity index (χ0n) is 13.9. The van der Waals surface area contributed by atoms with Crippen LogP contribution in [0.4, 0.5) is 5.69 Å². The van der Waals surface area contributed by atoms with Crippen molar-refractivity contribution >= 4 is 34.0 Å². The van der Waals surface area contributed by atoms with Crippen LogP contribution in [0.1, 0.15) is 20.3 Å². The summed E-state index contributed by atoms with van der Waals surface area (Å²) in [4.78, 5) is 14.2. The lowest BCUT2D eigenvalue weighted by Gasteiger charge is -2.42. The van der Waals surface area contributed by atoms with Crippen molar-refractivity contribution in [2.45, 2.75) is 31.2 Å². The number of nitrogens with one attached hydrogen (secondary N) is 1. The Morgan fingerprint density at radius 3 is 2.42 bits per heavy atom. The number of carbonyl (C=O) groups is 1. The number of nitrogens with zero attached hydrogens (tertiary/aromatic N) is 1. The number of hydrogen-bond acceptors (Lipinski definition) is 5. The minimum absolute atomic E-state index is 0. The highest BCUT2D eigenvalue weighted by molar-refractivity contribution is 7.89. The lowest BCUT2D eigenvalue weighted by molar-refractivity contribution is -0.118. The first-order chi connectivity index (χ1) is 10.6. The highest BCUT2D eigenvalue weighted by Gasteiger charge is 2.33. The molecule has 0 bridgehead atoms. The summed E-state index contributed by atoms with van der Waals surface area (Å²) >= 11 is 0. The van der Waals surface area contributed by atoms with E-state index in [0.717, 1.165) is 19.5 Å². The summed E-state index contributed by atoms with van der Waals surface area (Å²) in [7, 11) is -3.72. The fourth-order valence-electron chi connectivity index (χ4n) is 2.75. The Hall–Kier alpha value is -1.19. The Morgan fingerprint density at radius 1 is 1.33 bits per heavy atom. The molecule has 1 saturated heterocycles. The molecule has 7 nitrogen and oxygen atoms in total. The van der Waals surface area contributed by atoms with Gasteiger partial charge in [0.1, 0.15) is 0 Å². The molecule has 0 saturated carbocycles. The van der Waals surface area contributed by atoms with Crippen molar-refractivity contribution in [1.29, 1.82) is 0 Å². The fourth-order valence-corrected chi connectivity index (χ4v) is 3.27. The maximum atomic E-state index is 12.1. The molecule has 1 heterocycles. The lowest BCUT2D eigenvalue weighted by Crippen LogP contribution is -2.53. The van der Waals surface area contributed by atoms with Crippen molar-refractivity contribution in [3.63, 3.8) is 0 Å². The molecule has 1 amide bonds. The van der Waals surface area contributed by atoms with Gasteiger partial charge in [-0.3, -0.25) is 9.69 Å². The molecule has 0 spiro atoms. The Kier molecular flexibility index (Phi) is 6.77. The summed E-state index contributed by atoms with van der Waals surface area (Å²) < 4.78 is 22.4. The van der Waals surface area contributed by atoms with E-state index in [1.165, 1.54) is 24.3 Å². The molecular weight excluding hydrogens is 352 g/mol. The van der Waals surface area contributed by atoms with E-state index < -0.39 is 10.0 Å². The number of nitrogens with two attached hydrogens (primary N) is 2. The van der Waals surface area contributed by atoms with Gasteiger partial charge in [-0.05, 0) is 36.1 Å². The number of hydrogen-bond donors (Lipinski definition) is 3. The van der Waals surface area contributed by atoms with Crippen LogP contribution in [0.2, 0.25) is 0 Å². The molecule has 1 fully saturated rings. The maximum Gasteiger partial charge on any atom is 0.238 e. The number of amides is 1. The van der Waals surface area contributed by atoms with Gasteiger partial charge < -0.3 is 11.1 Å². The van der Waals surface area contributed by atoms with E-state index in [1.807, 2.05) is 0 Å². The molecule has 1 aliphatic heterocycles. The number of anilines is 1. The molecule has 24 heavy (non-hydrogen) atoms. The first-order valence-electron chi connectivity index (χ1n) is 7.48. The predicted molar refractivity (Wildman–Crippen MR) is 96.5 cm³/mol. The number of likely N-dealkylation sites (tertiary alicyclic amines) is 1. The number of rotatable bonds is 4. The Labute approximate surface area is 149 Å². The van der Waals surface area contributed by atoms with Crippen molar-refractivity contribution in [2.24, 2.45) is 16.3 Å². The number of primary sulfonamides is 1. The van der Waals surface area contributed by atoms with Gasteiger partial charge >= 0.3 is 0 Å². The third-order valence-corrected chi connectivity index (χ3v) is 5.15. The molecule has 1 aromatic rings. The molecule has 0 aliphatic carbocycles. The highest BCUT2D eigenvalue weighted by Crippen LogP contribution is 2.27. The molecule has 9 heteroatoms. The largest absolute Gasteiger partial charge is 0.327 e. The highest BCUT2D eigenvalue weighted by atomic mass is 35.5. The van der Waals surface area contributed by atoms with Crippen molar-refractivity contribution in [1.82, 2.24) is 4.90 Å². The van der Waals surface area contributed by atoms with Crippen molar-refractivity contribution < 1.29 is 13.2 Å². The van der Waals surface area contributed by atoms with Crippen LogP contribution in [0.3, 0.4) is 0 Å². The standard InChI is InChI=1S/C15H24N4O3S.ClH/c1-15(2)10-19(8-7-13(15)16)9-14(20)18-11-3-5-12(6-4-11)23(17,21)22;/h3-6,13H,7-10,16H2,1-2H3,(H,18,20)(H2,17,21,22);1H. The van der Waals surface area contributed by atoms with E-state index in [0.29, 0.717) is 5.69 Å². The molecule has 2 rings (SSSR count). The first-order valence-corrected chi connectivity index (χ1v) is 9.03. The molecule has 0 aromatic heterocycles. The Morgan fingerprint density at radius 2 is 1.92 bits per heavy atom. The second-order valence-electron chi connectivity index (χ2n) is 6.71. The van der Waals surface area contributed by atoms with Crippen LogP contribution in [-0.2, 0) is 14.8 Å². The van der Waals surface area contributed by atoms with Crippen LogP contribution in [0.5, 0.6) is 0 Å². The SMILES string of the molecule is CC1(C)CN(CC(=O)Nc2ccc(S(N)(=O)=O)cc2)CCC1N.Cl. The van der Waals surface area contributed by atoms with E-state index in [-0.39, 0.29) is 41.2 Å². The molecule has 5 N–H and O–H groups in total. The van der Waals surface area contributed by atoms with E-state index in [2.05, 4.69) is 24.1 Å². The minimum Gasteiger partial charge on any atom is -0.327 e. The number of halogens is 1. The average Bonchev–Trinajstić information content (AvgIpc) is 2.42. The van der Waals surface area contributed by atoms with Gasteiger partial charge in [-0.2, -0.15) is 0 Å². The van der Waals surface area contributed by atoms with Crippen molar-refractivity contribution in [3.8, 4) is 0 Å². The topological polar surface area (TPSA) is 119 Å². The van der Waals surface area contributed by atoms with Crippen molar-refractivity contribution in [2.75, 3.05) is 25.0 Å². The van der Waals surface area contributed by atoms with Gasteiger partial charge in [-0.1, -0.05) is 13.8 Å². The molecule has 1 aliphatic rings. The summed E-state index contributed by atoms with van der Waals surface area (Å²) in [5.74, 6) is -0.139. The second kappa shape index (κ2) is 7.79. The van der Waals surface area contributed by atoms with Gasteiger partial charge in [0, 0.05) is 24.8 Å². The molecular formula is C15H25ClN4O3S. The first kappa shape index (κ1) is 20.9. The molecule has 1 atom stereocenters. The molecule has 136 valence electrons. The third-order valence-electron chi connectivity index (χ3n) is 4.23. The van der Waals surface area contributed by atoms with Gasteiger partial charge in [0.15, 0.2) is 0 Å². The molecule has 1 aromatic carbocycles. The van der Waals surface area contributed by atoms with E-state index in [1.54, 1.807) is 0 Å². The van der Waals surface area contributed by atoms with Crippen LogP contribution in [-0.4, -0.2) is 44.9 Å². The summed E-state index contributed by atoms with van der Waals surface area (Å²) in [6, 6.07) is 5.93. The number of benzene rings is 1. The van der Waals surface area contributed by atoms with Crippen molar-refractivity contribution in [3.05, 3.63) is 24.3 Å². The Bertz CT molecular complexity index is 676. The minimum atomic E-state index is -3.72. The lowest BCUT2D eigenvalue weighted by atomic mass is 9.80. The zero-order chi connectivity index (χ0) is 17.3. The summed E-state index contributed by atoms with van der Waals surface area (Å²) in [6.07, 6.45) is 0.864. The summed E-state index contributed by atoms with van der Waals surface area (Å²) in [5, 5.41) is 7.80. The summed E-state index contributed by atoms with van der Waals surface area (Å²) in [6.45, 7) is 6.06. The van der Waals surface area contributed by atoms with E-state index in [9.17, 15) is 13.2 Å². The molecule has 1 unspecified atom stereocenters. The Balaban J connectivity index is 0.00000288. The monoisotopic (exact) mass is 376 g/mol. The van der Waals surface area contributed by atoms with Gasteiger partial charge in [0.05, 0.1) is 11.4 Å². The smallest absolute Gasteiger partial charge is 0.238 e. The van der Waals surface area contributed by atoms with Crippen LogP contribution in [0.25, 0.3) is 0 Å². The number of sulfonamides is 1. The normalized spacial score (nSPS) is 20.9. The van der Waals surface area contributed by atoms with E-state index in [4.69, 9.17) is 10.9 Å². The van der Waals surface area contributed by atoms with Crippen LogP contribution in [0, 0.1) is 5.41 Å². The average molecular weight is 377 g/mol. The van der Waals surface area contributed by atoms with Crippen LogP contribution in [0.15, 0.2) is 29.2 Å². The second-order valence-corrected chi connectivity index (χ2v) is 8.27. The molecule has 0 radical (unpaired) electrons. The summed E-state index contributed by atoms with van der Waals surface area (Å²) in [5.41, 5.74) is 6.61. The van der Waals surface area contributed by atoms with Crippen LogP contribution < -0.4 is 16.2 Å². The van der Waals surface area contributed by atoms with Crippen LogP contribution >= 0.6 is 12.4 Å². The number of carbonyl (C=O) groups excluding carboxylic acids is 1. The van der Waals surface area contributed by atoms with Gasteiger partial charge in [0.2, 0.25) is 15.9 Å². The van der Waals surface area contributed by atoms with Gasteiger partial charge in [-0.15, -0.1) is 12.4 Å².